The maximum absolute atomic E-state index is 3.54. The topological polar surface area (TPSA) is 12.0 Å². The Morgan fingerprint density at radius 3 is 2.73 bits per heavy atom. The van der Waals surface area contributed by atoms with Gasteiger partial charge in [-0.1, -0.05) is 42.5 Å². The fourth-order valence-corrected chi connectivity index (χ4v) is 2.06. The van der Waals surface area contributed by atoms with E-state index in [9.17, 15) is 0 Å². The van der Waals surface area contributed by atoms with E-state index in [1.807, 2.05) is 0 Å². The first kappa shape index (κ1) is 10.4. The largest absolute Gasteiger partial charge is 0.312 e. The molecule has 1 aromatic rings. The standard InChI is InChI=1S/C14H19N/c1-3-7-13(8-4-1)11-15-12-14-9-5-2-6-10-14/h1-5,7-8,14-15H,6,9-12H2. The Kier molecular flexibility index (Phi) is 3.98. The molecule has 0 fully saturated rings. The van der Waals surface area contributed by atoms with E-state index in [1.54, 1.807) is 0 Å². The van der Waals surface area contributed by atoms with Crippen LogP contribution in [0.2, 0.25) is 0 Å². The molecule has 0 bridgehead atoms. The van der Waals surface area contributed by atoms with Crippen molar-refractivity contribution < 1.29 is 0 Å². The van der Waals surface area contributed by atoms with E-state index >= 15 is 0 Å². The fraction of sp³-hybridized carbons (Fsp3) is 0.429. The van der Waals surface area contributed by atoms with E-state index in [2.05, 4.69) is 47.8 Å². The van der Waals surface area contributed by atoms with Crippen LogP contribution in [0, 0.1) is 5.92 Å². The van der Waals surface area contributed by atoms with E-state index in [-0.39, 0.29) is 0 Å². The average molecular weight is 201 g/mol. The second-order valence-corrected chi connectivity index (χ2v) is 4.27. The second kappa shape index (κ2) is 5.72. The van der Waals surface area contributed by atoms with Crippen molar-refractivity contribution in [1.82, 2.24) is 5.32 Å². The third-order valence-corrected chi connectivity index (χ3v) is 2.98. The molecule has 1 nitrogen and oxygen atoms in total. The summed E-state index contributed by atoms with van der Waals surface area (Å²) in [5.74, 6) is 0.846. The van der Waals surface area contributed by atoms with E-state index in [1.165, 1.54) is 24.8 Å². The van der Waals surface area contributed by atoms with E-state index in [4.69, 9.17) is 0 Å². The highest BCUT2D eigenvalue weighted by atomic mass is 14.9. The number of benzene rings is 1. The van der Waals surface area contributed by atoms with Crippen molar-refractivity contribution in [2.45, 2.75) is 25.8 Å². The zero-order valence-corrected chi connectivity index (χ0v) is 9.15. The molecule has 1 N–H and O–H groups in total. The molecule has 0 saturated heterocycles. The molecule has 0 radical (unpaired) electrons. The van der Waals surface area contributed by atoms with Gasteiger partial charge in [-0.15, -0.1) is 0 Å². The maximum Gasteiger partial charge on any atom is 0.0205 e. The molecule has 0 heterocycles. The maximum atomic E-state index is 3.54. The Morgan fingerprint density at radius 1 is 1.13 bits per heavy atom. The van der Waals surface area contributed by atoms with Crippen molar-refractivity contribution >= 4 is 0 Å². The van der Waals surface area contributed by atoms with Crippen LogP contribution in [0.5, 0.6) is 0 Å². The van der Waals surface area contributed by atoms with Crippen molar-refractivity contribution in [3.63, 3.8) is 0 Å². The highest BCUT2D eigenvalue weighted by molar-refractivity contribution is 5.14. The van der Waals surface area contributed by atoms with Crippen LogP contribution >= 0.6 is 0 Å². The fourth-order valence-electron chi connectivity index (χ4n) is 2.06. The SMILES string of the molecule is C1=CCC(CNCc2ccccc2)CC1. The summed E-state index contributed by atoms with van der Waals surface area (Å²) in [6.45, 7) is 2.15. The minimum absolute atomic E-state index is 0.846. The number of nitrogens with one attached hydrogen (secondary N) is 1. The third-order valence-electron chi connectivity index (χ3n) is 2.98. The van der Waals surface area contributed by atoms with Crippen molar-refractivity contribution in [3.05, 3.63) is 48.0 Å². The summed E-state index contributed by atoms with van der Waals surface area (Å²) < 4.78 is 0. The van der Waals surface area contributed by atoms with E-state index < -0.39 is 0 Å². The smallest absolute Gasteiger partial charge is 0.0205 e. The number of allylic oxidation sites excluding steroid dienone is 2. The number of hydrogen-bond acceptors (Lipinski definition) is 1. The van der Waals surface area contributed by atoms with Gasteiger partial charge in [0.2, 0.25) is 0 Å². The van der Waals surface area contributed by atoms with Gasteiger partial charge in [-0.05, 0) is 37.3 Å². The Balaban J connectivity index is 1.68. The molecular weight excluding hydrogens is 182 g/mol. The number of rotatable bonds is 4. The lowest BCUT2D eigenvalue weighted by molar-refractivity contribution is 0.440. The van der Waals surface area contributed by atoms with Gasteiger partial charge in [0.05, 0.1) is 0 Å². The average Bonchev–Trinajstić information content (AvgIpc) is 2.32. The molecule has 1 aliphatic carbocycles. The van der Waals surface area contributed by atoms with Crippen molar-refractivity contribution in [1.29, 1.82) is 0 Å². The van der Waals surface area contributed by atoms with Crippen LogP contribution < -0.4 is 5.32 Å². The van der Waals surface area contributed by atoms with Crippen molar-refractivity contribution in [3.8, 4) is 0 Å². The zero-order valence-electron chi connectivity index (χ0n) is 9.15. The normalized spacial score (nSPS) is 20.4. The molecule has 1 aliphatic rings. The summed E-state index contributed by atoms with van der Waals surface area (Å²) in [7, 11) is 0. The van der Waals surface area contributed by atoms with Crippen LogP contribution in [0.15, 0.2) is 42.5 Å². The van der Waals surface area contributed by atoms with Crippen LogP contribution in [0.3, 0.4) is 0 Å². The van der Waals surface area contributed by atoms with Gasteiger partial charge in [-0.3, -0.25) is 0 Å². The lowest BCUT2D eigenvalue weighted by atomic mass is 9.94. The van der Waals surface area contributed by atoms with E-state index in [0.29, 0.717) is 0 Å². The molecule has 15 heavy (non-hydrogen) atoms. The Morgan fingerprint density at radius 2 is 2.00 bits per heavy atom. The molecule has 1 unspecified atom stereocenters. The summed E-state index contributed by atoms with van der Waals surface area (Å²) in [6, 6.07) is 10.6. The van der Waals surface area contributed by atoms with Gasteiger partial charge < -0.3 is 5.32 Å². The minimum Gasteiger partial charge on any atom is -0.312 e. The number of hydrogen-bond donors (Lipinski definition) is 1. The van der Waals surface area contributed by atoms with Gasteiger partial charge in [0, 0.05) is 6.54 Å². The highest BCUT2D eigenvalue weighted by Gasteiger charge is 2.08. The quantitative estimate of drug-likeness (QED) is 0.738. The first-order chi connectivity index (χ1) is 7.45. The second-order valence-electron chi connectivity index (χ2n) is 4.27. The summed E-state index contributed by atoms with van der Waals surface area (Å²) in [5.41, 5.74) is 1.38. The first-order valence-corrected chi connectivity index (χ1v) is 5.85. The monoisotopic (exact) mass is 201 g/mol. The molecule has 0 amide bonds. The lowest BCUT2D eigenvalue weighted by Crippen LogP contribution is -2.23. The van der Waals surface area contributed by atoms with Crippen LogP contribution in [0.25, 0.3) is 0 Å². The van der Waals surface area contributed by atoms with Crippen LogP contribution in [-0.2, 0) is 6.54 Å². The summed E-state index contributed by atoms with van der Waals surface area (Å²) in [4.78, 5) is 0. The Labute approximate surface area is 92.2 Å². The third kappa shape index (κ3) is 3.52. The first-order valence-electron chi connectivity index (χ1n) is 5.85. The van der Waals surface area contributed by atoms with Crippen LogP contribution in [-0.4, -0.2) is 6.54 Å². The van der Waals surface area contributed by atoms with Gasteiger partial charge >= 0.3 is 0 Å². The Bertz CT molecular complexity index is 302. The molecule has 0 spiro atoms. The molecule has 2 rings (SSSR count). The van der Waals surface area contributed by atoms with Gasteiger partial charge in [0.15, 0.2) is 0 Å². The molecule has 1 aromatic carbocycles. The molecule has 80 valence electrons. The van der Waals surface area contributed by atoms with E-state index in [0.717, 1.165) is 19.0 Å². The van der Waals surface area contributed by atoms with Gasteiger partial charge in [-0.2, -0.15) is 0 Å². The van der Waals surface area contributed by atoms with Crippen LogP contribution in [0.4, 0.5) is 0 Å². The molecule has 0 aromatic heterocycles. The lowest BCUT2D eigenvalue weighted by Gasteiger charge is -2.18. The zero-order chi connectivity index (χ0) is 10.3. The predicted octanol–water partition coefficient (Wildman–Crippen LogP) is 3.13. The molecule has 0 saturated carbocycles. The molecule has 0 aliphatic heterocycles. The minimum atomic E-state index is 0.846. The van der Waals surface area contributed by atoms with Gasteiger partial charge in [0.25, 0.3) is 0 Å². The van der Waals surface area contributed by atoms with Crippen molar-refractivity contribution in [2.24, 2.45) is 5.92 Å². The van der Waals surface area contributed by atoms with Crippen LogP contribution in [0.1, 0.15) is 24.8 Å². The summed E-state index contributed by atoms with van der Waals surface area (Å²) in [5, 5.41) is 3.54. The summed E-state index contributed by atoms with van der Waals surface area (Å²) >= 11 is 0. The molecular formula is C14H19N. The predicted molar refractivity (Wildman–Crippen MR) is 64.6 cm³/mol. The molecule has 1 atom stereocenters. The highest BCUT2D eigenvalue weighted by Crippen LogP contribution is 2.16. The van der Waals surface area contributed by atoms with Crippen molar-refractivity contribution in [2.75, 3.05) is 6.54 Å². The summed E-state index contributed by atoms with van der Waals surface area (Å²) in [6.07, 6.45) is 8.48. The van der Waals surface area contributed by atoms with Gasteiger partial charge in [-0.25, -0.2) is 0 Å². The Hall–Kier alpha value is -1.08. The molecule has 1 heteroatoms. The van der Waals surface area contributed by atoms with Gasteiger partial charge in [0.1, 0.15) is 0 Å².